The maximum atomic E-state index is 3.65. The van der Waals surface area contributed by atoms with E-state index in [9.17, 15) is 0 Å². The highest BCUT2D eigenvalue weighted by Crippen LogP contribution is 2.34. The minimum atomic E-state index is 1.09. The number of fused-ring (bicyclic) bond motifs is 3. The van der Waals surface area contributed by atoms with Crippen molar-refractivity contribution in [2.75, 3.05) is 0 Å². The van der Waals surface area contributed by atoms with Gasteiger partial charge in [-0.1, -0.05) is 107 Å². The molecule has 0 unspecified atom stereocenters. The predicted molar refractivity (Wildman–Crippen MR) is 139 cm³/mol. The van der Waals surface area contributed by atoms with Crippen LogP contribution in [0.5, 0.6) is 0 Å². The number of nitrogens with zero attached hydrogens (tertiary/aromatic N) is 1. The Balaban J connectivity index is 1.41. The van der Waals surface area contributed by atoms with Crippen molar-refractivity contribution in [3.05, 3.63) is 126 Å². The van der Waals surface area contributed by atoms with Gasteiger partial charge in [0.05, 0.1) is 11.0 Å². The maximum absolute atomic E-state index is 3.65. The molecule has 0 radical (unpaired) electrons. The van der Waals surface area contributed by atoms with Gasteiger partial charge in [-0.3, -0.25) is 0 Å². The Labute approximate surface area is 195 Å². The average molecular weight is 474 g/mol. The Hall–Kier alpha value is -3.62. The SMILES string of the molecule is Brc1ccc2c3ccccc3n(-c3ccc(-c4ccc(-c5ccccc5)cc4)cc3)c2c1. The number of hydrogen-bond acceptors (Lipinski definition) is 0. The Morgan fingerprint density at radius 3 is 1.66 bits per heavy atom. The van der Waals surface area contributed by atoms with Crippen molar-refractivity contribution in [2.24, 2.45) is 0 Å². The Morgan fingerprint density at radius 2 is 0.969 bits per heavy atom. The number of hydrogen-bond donors (Lipinski definition) is 0. The molecule has 1 heterocycles. The van der Waals surface area contributed by atoms with Crippen LogP contribution in [-0.2, 0) is 0 Å². The van der Waals surface area contributed by atoms with E-state index in [0.29, 0.717) is 0 Å². The van der Waals surface area contributed by atoms with Gasteiger partial charge in [0.15, 0.2) is 0 Å². The fourth-order valence-electron chi connectivity index (χ4n) is 4.51. The van der Waals surface area contributed by atoms with Crippen LogP contribution in [0.1, 0.15) is 0 Å². The van der Waals surface area contributed by atoms with Gasteiger partial charge in [0.1, 0.15) is 0 Å². The van der Waals surface area contributed by atoms with Crippen molar-refractivity contribution in [1.82, 2.24) is 4.57 Å². The highest BCUT2D eigenvalue weighted by molar-refractivity contribution is 9.10. The number of benzene rings is 5. The summed E-state index contributed by atoms with van der Waals surface area (Å²) in [7, 11) is 0. The molecular formula is C30H20BrN. The summed E-state index contributed by atoms with van der Waals surface area (Å²) in [4.78, 5) is 0. The fraction of sp³-hybridized carbons (Fsp3) is 0. The molecule has 6 rings (SSSR count). The maximum Gasteiger partial charge on any atom is 0.0552 e. The lowest BCUT2D eigenvalue weighted by Gasteiger charge is -2.10. The molecule has 0 amide bonds. The fourth-order valence-corrected chi connectivity index (χ4v) is 4.86. The molecule has 1 aromatic heterocycles. The third-order valence-electron chi connectivity index (χ3n) is 6.09. The molecule has 0 saturated heterocycles. The first kappa shape index (κ1) is 19.1. The predicted octanol–water partition coefficient (Wildman–Crippen LogP) is 8.88. The van der Waals surface area contributed by atoms with E-state index < -0.39 is 0 Å². The first-order chi connectivity index (χ1) is 15.8. The van der Waals surface area contributed by atoms with Gasteiger partial charge >= 0.3 is 0 Å². The third kappa shape index (κ3) is 3.24. The van der Waals surface area contributed by atoms with Gasteiger partial charge in [0.2, 0.25) is 0 Å². The van der Waals surface area contributed by atoms with E-state index >= 15 is 0 Å². The van der Waals surface area contributed by atoms with E-state index in [4.69, 9.17) is 0 Å². The summed E-state index contributed by atoms with van der Waals surface area (Å²) >= 11 is 3.65. The van der Waals surface area contributed by atoms with Gasteiger partial charge < -0.3 is 4.57 Å². The van der Waals surface area contributed by atoms with Gasteiger partial charge in [-0.25, -0.2) is 0 Å². The highest BCUT2D eigenvalue weighted by atomic mass is 79.9. The highest BCUT2D eigenvalue weighted by Gasteiger charge is 2.12. The second-order valence-corrected chi connectivity index (χ2v) is 8.92. The number of halogens is 1. The summed E-state index contributed by atoms with van der Waals surface area (Å²) in [6.07, 6.45) is 0. The molecule has 0 aliphatic heterocycles. The average Bonchev–Trinajstić information content (AvgIpc) is 3.18. The van der Waals surface area contributed by atoms with Crippen molar-refractivity contribution < 1.29 is 0 Å². The van der Waals surface area contributed by atoms with Gasteiger partial charge in [0.25, 0.3) is 0 Å². The Morgan fingerprint density at radius 1 is 0.438 bits per heavy atom. The molecule has 0 N–H and O–H groups in total. The van der Waals surface area contributed by atoms with Crippen molar-refractivity contribution in [1.29, 1.82) is 0 Å². The molecule has 5 aromatic carbocycles. The molecule has 152 valence electrons. The molecule has 0 aliphatic carbocycles. The summed E-state index contributed by atoms with van der Waals surface area (Å²) in [5.41, 5.74) is 8.52. The van der Waals surface area contributed by atoms with Crippen molar-refractivity contribution in [2.45, 2.75) is 0 Å². The van der Waals surface area contributed by atoms with Crippen LogP contribution in [-0.4, -0.2) is 4.57 Å². The minimum Gasteiger partial charge on any atom is -0.309 e. The number of rotatable bonds is 3. The third-order valence-corrected chi connectivity index (χ3v) is 6.58. The topological polar surface area (TPSA) is 4.93 Å². The number of aromatic nitrogens is 1. The Kier molecular flexibility index (Phi) is 4.66. The van der Waals surface area contributed by atoms with Crippen LogP contribution < -0.4 is 0 Å². The van der Waals surface area contributed by atoms with E-state index in [1.54, 1.807) is 0 Å². The normalized spacial score (nSPS) is 11.3. The molecule has 32 heavy (non-hydrogen) atoms. The molecule has 0 atom stereocenters. The quantitative estimate of drug-likeness (QED) is 0.241. The lowest BCUT2D eigenvalue weighted by atomic mass is 10.0. The second kappa shape index (κ2) is 7.81. The van der Waals surface area contributed by atoms with Crippen LogP contribution in [0.4, 0.5) is 0 Å². The summed E-state index contributed by atoms with van der Waals surface area (Å²) in [6.45, 7) is 0. The summed E-state index contributed by atoms with van der Waals surface area (Å²) in [5, 5.41) is 2.54. The lowest BCUT2D eigenvalue weighted by molar-refractivity contribution is 1.18. The largest absolute Gasteiger partial charge is 0.309 e. The van der Waals surface area contributed by atoms with Crippen molar-refractivity contribution in [3.8, 4) is 27.9 Å². The Bertz CT molecular complexity index is 1540. The minimum absolute atomic E-state index is 1.09. The zero-order valence-electron chi connectivity index (χ0n) is 17.4. The standard InChI is InChI=1S/C30H20BrN/c31-25-16-19-28-27-8-4-5-9-29(27)32(30(28)20-25)26-17-14-24(15-18-26)23-12-10-22(11-13-23)21-6-2-1-3-7-21/h1-20H. The van der Waals surface area contributed by atoms with E-state index in [0.717, 1.165) is 4.47 Å². The smallest absolute Gasteiger partial charge is 0.0552 e. The van der Waals surface area contributed by atoms with Gasteiger partial charge in [-0.2, -0.15) is 0 Å². The lowest BCUT2D eigenvalue weighted by Crippen LogP contribution is -1.93. The number of para-hydroxylation sites is 1. The first-order valence-corrected chi connectivity index (χ1v) is 11.5. The van der Waals surface area contributed by atoms with E-state index in [1.165, 1.54) is 49.7 Å². The van der Waals surface area contributed by atoms with Crippen LogP contribution >= 0.6 is 15.9 Å². The molecule has 2 heteroatoms. The molecule has 6 aromatic rings. The molecule has 0 bridgehead atoms. The van der Waals surface area contributed by atoms with Crippen LogP contribution in [0.3, 0.4) is 0 Å². The zero-order chi connectivity index (χ0) is 21.5. The molecule has 0 aliphatic rings. The van der Waals surface area contributed by atoms with Crippen LogP contribution in [0.15, 0.2) is 126 Å². The molecular weight excluding hydrogens is 454 g/mol. The van der Waals surface area contributed by atoms with E-state index in [1.807, 2.05) is 0 Å². The van der Waals surface area contributed by atoms with Gasteiger partial charge in [0, 0.05) is 20.9 Å². The van der Waals surface area contributed by atoms with E-state index in [-0.39, 0.29) is 0 Å². The van der Waals surface area contributed by atoms with Gasteiger partial charge in [-0.15, -0.1) is 0 Å². The van der Waals surface area contributed by atoms with Gasteiger partial charge in [-0.05, 0) is 52.6 Å². The van der Waals surface area contributed by atoms with E-state index in [2.05, 4.69) is 142 Å². The van der Waals surface area contributed by atoms with Crippen LogP contribution in [0, 0.1) is 0 Å². The van der Waals surface area contributed by atoms with Crippen molar-refractivity contribution >= 4 is 37.7 Å². The molecule has 0 spiro atoms. The van der Waals surface area contributed by atoms with Crippen LogP contribution in [0.2, 0.25) is 0 Å². The summed E-state index contributed by atoms with van der Waals surface area (Å²) < 4.78 is 3.43. The summed E-state index contributed by atoms with van der Waals surface area (Å²) in [6, 6.07) is 43.3. The molecule has 1 nitrogen and oxygen atoms in total. The first-order valence-electron chi connectivity index (χ1n) is 10.7. The molecule has 0 saturated carbocycles. The second-order valence-electron chi connectivity index (χ2n) is 8.00. The zero-order valence-corrected chi connectivity index (χ0v) is 19.0. The molecule has 0 fully saturated rings. The van der Waals surface area contributed by atoms with Crippen LogP contribution in [0.25, 0.3) is 49.7 Å². The summed E-state index contributed by atoms with van der Waals surface area (Å²) in [5.74, 6) is 0. The monoisotopic (exact) mass is 473 g/mol. The van der Waals surface area contributed by atoms with Crippen molar-refractivity contribution in [3.63, 3.8) is 0 Å².